The lowest BCUT2D eigenvalue weighted by atomic mass is 9.99. The van der Waals surface area contributed by atoms with Crippen LogP contribution in [0.3, 0.4) is 0 Å². The van der Waals surface area contributed by atoms with Crippen LogP contribution in [0.25, 0.3) is 0 Å². The molecular weight excluding hydrogens is 240 g/mol. The summed E-state index contributed by atoms with van der Waals surface area (Å²) in [6, 6.07) is 0. The van der Waals surface area contributed by atoms with Crippen LogP contribution in [-0.4, -0.2) is 54.0 Å². The minimum absolute atomic E-state index is 0.131. The van der Waals surface area contributed by atoms with Gasteiger partial charge < -0.3 is 28.8 Å². The first-order valence-electron chi connectivity index (χ1n) is 6.29. The van der Waals surface area contributed by atoms with Crippen LogP contribution >= 0.6 is 0 Å². The van der Waals surface area contributed by atoms with Crippen molar-refractivity contribution < 1.29 is 28.8 Å². The third-order valence-electron chi connectivity index (χ3n) is 3.43. The van der Waals surface area contributed by atoms with Crippen molar-refractivity contribution in [1.82, 2.24) is 0 Å². The van der Waals surface area contributed by atoms with Gasteiger partial charge >= 0.3 is 0 Å². The van der Waals surface area contributed by atoms with E-state index in [4.69, 9.17) is 23.7 Å². The lowest BCUT2D eigenvalue weighted by molar-refractivity contribution is -0.240. The van der Waals surface area contributed by atoms with Gasteiger partial charge in [0, 0.05) is 0 Å². The van der Waals surface area contributed by atoms with Crippen molar-refractivity contribution in [2.75, 3.05) is 6.61 Å². The van der Waals surface area contributed by atoms with Gasteiger partial charge in [-0.1, -0.05) is 0 Å². The van der Waals surface area contributed by atoms with Crippen LogP contribution in [0.1, 0.15) is 27.7 Å². The molecule has 6 heteroatoms. The van der Waals surface area contributed by atoms with Gasteiger partial charge in [0.25, 0.3) is 0 Å². The average molecular weight is 260 g/mol. The minimum Gasteiger partial charge on any atom is -0.394 e. The third-order valence-corrected chi connectivity index (χ3v) is 3.43. The molecule has 3 aliphatic heterocycles. The van der Waals surface area contributed by atoms with E-state index in [0.717, 1.165) is 0 Å². The third kappa shape index (κ3) is 1.97. The molecule has 0 saturated carbocycles. The second-order valence-electron chi connectivity index (χ2n) is 5.89. The van der Waals surface area contributed by atoms with Crippen LogP contribution in [-0.2, 0) is 23.7 Å². The van der Waals surface area contributed by atoms with E-state index in [1.165, 1.54) is 0 Å². The fourth-order valence-corrected chi connectivity index (χ4v) is 2.84. The molecule has 0 aromatic rings. The summed E-state index contributed by atoms with van der Waals surface area (Å²) in [4.78, 5) is 0. The van der Waals surface area contributed by atoms with E-state index in [0.29, 0.717) is 0 Å². The van der Waals surface area contributed by atoms with Gasteiger partial charge in [-0.15, -0.1) is 0 Å². The molecule has 0 spiro atoms. The molecule has 0 unspecified atom stereocenters. The standard InChI is InChI=1S/C12H20O6/c1-11(2)15-7-6(5-13)14-10-9(8(7)16-11)17-12(3,4)18-10/h6-10,13H,5H2,1-4H3/t6-,7+,8+,9-,10+/m1/s1. The van der Waals surface area contributed by atoms with Crippen molar-refractivity contribution in [3.8, 4) is 0 Å². The summed E-state index contributed by atoms with van der Waals surface area (Å²) in [5, 5.41) is 9.40. The molecule has 3 saturated heterocycles. The Balaban J connectivity index is 1.86. The molecule has 3 rings (SSSR count). The number of fused-ring (bicyclic) bond motifs is 3. The van der Waals surface area contributed by atoms with E-state index >= 15 is 0 Å². The number of ether oxygens (including phenoxy) is 5. The Kier molecular flexibility index (Phi) is 2.75. The van der Waals surface area contributed by atoms with Gasteiger partial charge in [-0.3, -0.25) is 0 Å². The largest absolute Gasteiger partial charge is 0.394 e. The van der Waals surface area contributed by atoms with E-state index in [1.54, 1.807) is 0 Å². The zero-order valence-electron chi connectivity index (χ0n) is 11.1. The maximum Gasteiger partial charge on any atom is 0.190 e. The van der Waals surface area contributed by atoms with Gasteiger partial charge in [-0.2, -0.15) is 0 Å². The van der Waals surface area contributed by atoms with Crippen molar-refractivity contribution in [3.63, 3.8) is 0 Å². The zero-order chi connectivity index (χ0) is 13.1. The fourth-order valence-electron chi connectivity index (χ4n) is 2.84. The normalized spacial score (nSPS) is 48.8. The topological polar surface area (TPSA) is 66.4 Å². The number of rotatable bonds is 1. The molecule has 0 amide bonds. The summed E-state index contributed by atoms with van der Waals surface area (Å²) in [5.41, 5.74) is 0. The summed E-state index contributed by atoms with van der Waals surface area (Å²) >= 11 is 0. The minimum atomic E-state index is -0.708. The highest BCUT2D eigenvalue weighted by Gasteiger charge is 2.60. The van der Waals surface area contributed by atoms with Crippen LogP contribution in [0, 0.1) is 0 Å². The molecule has 0 aliphatic carbocycles. The summed E-state index contributed by atoms with van der Waals surface area (Å²) in [5.74, 6) is -1.41. The number of aliphatic hydroxyl groups excluding tert-OH is 1. The van der Waals surface area contributed by atoms with E-state index in [2.05, 4.69) is 0 Å². The molecule has 0 bridgehead atoms. The first-order chi connectivity index (χ1) is 8.31. The molecule has 6 nitrogen and oxygen atoms in total. The van der Waals surface area contributed by atoms with E-state index < -0.39 is 24.0 Å². The Bertz CT molecular complexity index is 341. The highest BCUT2D eigenvalue weighted by molar-refractivity contribution is 4.99. The number of aliphatic hydroxyl groups is 1. The number of hydrogen-bond acceptors (Lipinski definition) is 6. The Hall–Kier alpha value is -0.240. The molecule has 1 N–H and O–H groups in total. The monoisotopic (exact) mass is 260 g/mol. The van der Waals surface area contributed by atoms with Gasteiger partial charge in [0.05, 0.1) is 6.61 Å². The van der Waals surface area contributed by atoms with Gasteiger partial charge in [0.1, 0.15) is 24.4 Å². The van der Waals surface area contributed by atoms with E-state index in [1.807, 2.05) is 27.7 Å². The van der Waals surface area contributed by atoms with E-state index in [9.17, 15) is 5.11 Å². The second-order valence-corrected chi connectivity index (χ2v) is 5.89. The number of hydrogen-bond donors (Lipinski definition) is 1. The fraction of sp³-hybridized carbons (Fsp3) is 1.00. The van der Waals surface area contributed by atoms with Crippen molar-refractivity contribution in [3.05, 3.63) is 0 Å². The summed E-state index contributed by atoms with van der Waals surface area (Å²) < 4.78 is 28.9. The Morgan fingerprint density at radius 2 is 1.39 bits per heavy atom. The van der Waals surface area contributed by atoms with Crippen LogP contribution in [0.15, 0.2) is 0 Å². The molecule has 104 valence electrons. The highest BCUT2D eigenvalue weighted by atomic mass is 16.9. The summed E-state index contributed by atoms with van der Waals surface area (Å²) in [6.07, 6.45) is -1.90. The molecule has 3 fully saturated rings. The molecule has 5 atom stereocenters. The second kappa shape index (κ2) is 3.88. The SMILES string of the molecule is CC1(C)O[C@H]2[C@@H](O1)[C@@H](CO)O[C@H]1OC(C)(C)O[C@@H]12. The summed E-state index contributed by atoms with van der Waals surface area (Å²) in [7, 11) is 0. The zero-order valence-corrected chi connectivity index (χ0v) is 11.1. The maximum absolute atomic E-state index is 9.40. The Labute approximate surface area is 106 Å². The molecule has 0 aromatic carbocycles. The Morgan fingerprint density at radius 1 is 0.833 bits per heavy atom. The average Bonchev–Trinajstić information content (AvgIpc) is 2.71. The van der Waals surface area contributed by atoms with Crippen molar-refractivity contribution >= 4 is 0 Å². The van der Waals surface area contributed by atoms with E-state index in [-0.39, 0.29) is 24.9 Å². The van der Waals surface area contributed by atoms with Crippen molar-refractivity contribution in [2.45, 2.75) is 70.0 Å². The first-order valence-corrected chi connectivity index (χ1v) is 6.29. The van der Waals surface area contributed by atoms with Gasteiger partial charge in [0.2, 0.25) is 0 Å². The summed E-state index contributed by atoms with van der Waals surface area (Å²) in [6.45, 7) is 7.22. The lowest BCUT2D eigenvalue weighted by Gasteiger charge is -2.36. The van der Waals surface area contributed by atoms with Crippen LogP contribution < -0.4 is 0 Å². The lowest BCUT2D eigenvalue weighted by Crippen LogP contribution is -2.56. The Morgan fingerprint density at radius 3 is 2.06 bits per heavy atom. The first kappa shape index (κ1) is 12.8. The quantitative estimate of drug-likeness (QED) is 0.735. The van der Waals surface area contributed by atoms with Gasteiger partial charge in [-0.25, -0.2) is 0 Å². The molecule has 0 radical (unpaired) electrons. The van der Waals surface area contributed by atoms with Gasteiger partial charge in [-0.05, 0) is 27.7 Å². The molecule has 0 aromatic heterocycles. The van der Waals surface area contributed by atoms with Crippen molar-refractivity contribution in [2.24, 2.45) is 0 Å². The molecule has 3 heterocycles. The van der Waals surface area contributed by atoms with Crippen LogP contribution in [0.4, 0.5) is 0 Å². The predicted octanol–water partition coefficient (Wildman–Crippen LogP) is 0.375. The van der Waals surface area contributed by atoms with Crippen LogP contribution in [0.5, 0.6) is 0 Å². The smallest absolute Gasteiger partial charge is 0.190 e. The van der Waals surface area contributed by atoms with Gasteiger partial charge in [0.15, 0.2) is 17.9 Å². The molecule has 18 heavy (non-hydrogen) atoms. The maximum atomic E-state index is 9.40. The van der Waals surface area contributed by atoms with Crippen molar-refractivity contribution in [1.29, 1.82) is 0 Å². The highest BCUT2D eigenvalue weighted by Crippen LogP contribution is 2.43. The predicted molar refractivity (Wildman–Crippen MR) is 59.6 cm³/mol. The van der Waals surface area contributed by atoms with Crippen LogP contribution in [0.2, 0.25) is 0 Å². The molecular formula is C12H20O6. The molecule has 3 aliphatic rings.